The maximum atomic E-state index is 5.56. The molecule has 0 fully saturated rings. The van der Waals surface area contributed by atoms with Crippen LogP contribution in [-0.4, -0.2) is 24.7 Å². The van der Waals surface area contributed by atoms with Crippen molar-refractivity contribution in [1.82, 2.24) is 19.6 Å². The molecule has 0 bridgehead atoms. The fourth-order valence-corrected chi connectivity index (χ4v) is 3.95. The summed E-state index contributed by atoms with van der Waals surface area (Å²) in [5.74, 6) is 0. The fourth-order valence-electron chi connectivity index (χ4n) is 3.73. The van der Waals surface area contributed by atoms with Crippen molar-refractivity contribution in [1.29, 1.82) is 0 Å². The van der Waals surface area contributed by atoms with E-state index in [9.17, 15) is 0 Å². The summed E-state index contributed by atoms with van der Waals surface area (Å²) in [4.78, 5) is 0. The van der Waals surface area contributed by atoms with Crippen molar-refractivity contribution in [3.05, 3.63) is 94.6 Å². The van der Waals surface area contributed by atoms with E-state index in [4.69, 9.17) is 17.3 Å². The van der Waals surface area contributed by atoms with Crippen molar-refractivity contribution in [3.63, 3.8) is 0 Å². The zero-order valence-electron chi connectivity index (χ0n) is 18.9. The van der Waals surface area contributed by atoms with Crippen LogP contribution in [0.2, 0.25) is 0 Å². The molecule has 0 atom stereocenters. The molecule has 2 aromatic heterocycles. The number of aryl methyl sites for hydroxylation is 3. The number of thiocarbonyl (C=S) groups is 1. The lowest BCUT2D eigenvalue weighted by molar-refractivity contribution is 0.657. The predicted molar refractivity (Wildman–Crippen MR) is 134 cm³/mol. The molecule has 0 aliphatic heterocycles. The first kappa shape index (κ1) is 21.8. The number of hydrogen-bond donors (Lipinski definition) is 2. The average molecular weight is 445 g/mol. The van der Waals surface area contributed by atoms with Gasteiger partial charge < -0.3 is 10.6 Å². The summed E-state index contributed by atoms with van der Waals surface area (Å²) in [5, 5.41) is 16.2. The third-order valence-electron chi connectivity index (χ3n) is 5.69. The van der Waals surface area contributed by atoms with Crippen LogP contribution >= 0.6 is 12.2 Å². The summed E-state index contributed by atoms with van der Waals surface area (Å²) < 4.78 is 3.92. The maximum Gasteiger partial charge on any atom is 0.175 e. The number of aromatic nitrogens is 4. The molecule has 0 saturated heterocycles. The minimum Gasteiger partial charge on any atom is -0.330 e. The number of anilines is 2. The van der Waals surface area contributed by atoms with Crippen molar-refractivity contribution in [2.45, 2.75) is 40.8 Å². The molecule has 0 unspecified atom stereocenters. The molecule has 164 valence electrons. The smallest absolute Gasteiger partial charge is 0.175 e. The number of hydrogen-bond acceptors (Lipinski definition) is 3. The Hall–Kier alpha value is -3.45. The molecule has 32 heavy (non-hydrogen) atoms. The van der Waals surface area contributed by atoms with Crippen LogP contribution in [0.1, 0.15) is 33.6 Å². The van der Waals surface area contributed by atoms with Gasteiger partial charge in [-0.15, -0.1) is 0 Å². The van der Waals surface area contributed by atoms with Gasteiger partial charge in [0, 0.05) is 6.20 Å². The molecule has 4 rings (SSSR count). The summed E-state index contributed by atoms with van der Waals surface area (Å²) in [6.45, 7) is 9.74. The van der Waals surface area contributed by atoms with E-state index >= 15 is 0 Å². The number of benzene rings is 2. The molecule has 6 nitrogen and oxygen atoms in total. The highest BCUT2D eigenvalue weighted by molar-refractivity contribution is 7.80. The maximum absolute atomic E-state index is 5.56. The highest BCUT2D eigenvalue weighted by atomic mass is 32.1. The van der Waals surface area contributed by atoms with Crippen LogP contribution in [0.5, 0.6) is 0 Å². The number of nitrogens with zero attached hydrogens (tertiary/aromatic N) is 4. The summed E-state index contributed by atoms with van der Waals surface area (Å²) in [7, 11) is 0. The first-order chi connectivity index (χ1) is 15.4. The van der Waals surface area contributed by atoms with Crippen LogP contribution in [0, 0.1) is 27.7 Å². The molecule has 2 N–H and O–H groups in total. The fraction of sp³-hybridized carbons (Fsp3) is 0.240. The van der Waals surface area contributed by atoms with Gasteiger partial charge in [0.1, 0.15) is 0 Å². The molecule has 0 amide bonds. The summed E-state index contributed by atoms with van der Waals surface area (Å²) in [6, 6.07) is 16.7. The molecular weight excluding hydrogens is 416 g/mol. The molecule has 0 aliphatic carbocycles. The van der Waals surface area contributed by atoms with Gasteiger partial charge in [-0.3, -0.25) is 9.36 Å². The highest BCUT2D eigenvalue weighted by Gasteiger charge is 2.14. The second kappa shape index (κ2) is 9.36. The minimum absolute atomic E-state index is 0.516. The van der Waals surface area contributed by atoms with Crippen LogP contribution in [0.25, 0.3) is 0 Å². The quantitative estimate of drug-likeness (QED) is 0.399. The molecule has 7 heteroatoms. The van der Waals surface area contributed by atoms with Crippen LogP contribution < -0.4 is 10.6 Å². The molecule has 0 saturated carbocycles. The van der Waals surface area contributed by atoms with Crippen molar-refractivity contribution in [2.75, 3.05) is 10.6 Å². The first-order valence-electron chi connectivity index (χ1n) is 10.6. The van der Waals surface area contributed by atoms with Gasteiger partial charge in [-0.1, -0.05) is 48.5 Å². The van der Waals surface area contributed by atoms with Gasteiger partial charge in [-0.25, -0.2) is 0 Å². The zero-order valence-corrected chi connectivity index (χ0v) is 19.7. The third kappa shape index (κ3) is 4.89. The Bertz CT molecular complexity index is 1250. The van der Waals surface area contributed by atoms with Crippen molar-refractivity contribution >= 4 is 28.7 Å². The average Bonchev–Trinajstić information content (AvgIpc) is 3.30. The van der Waals surface area contributed by atoms with Gasteiger partial charge in [0.25, 0.3) is 0 Å². The number of nitrogens with one attached hydrogen (secondary N) is 2. The molecule has 4 aromatic rings. The Labute approximate surface area is 194 Å². The SMILES string of the molecule is Cc1ccccc1Cn1cc(NC(=S)Nc2c(C)nn(Cc3ccccc3C)c2C)cn1. The van der Waals surface area contributed by atoms with Gasteiger partial charge in [0.2, 0.25) is 0 Å². The van der Waals surface area contributed by atoms with E-state index in [1.807, 2.05) is 34.6 Å². The standard InChI is InChI=1S/C25H28N6S/c1-17-9-5-7-11-21(17)14-30-16-23(13-26-30)27-25(32)28-24-19(3)29-31(20(24)4)15-22-12-8-6-10-18(22)2/h5-13,16H,14-15H2,1-4H3,(H2,27,28,32). The Balaban J connectivity index is 1.41. The topological polar surface area (TPSA) is 59.7 Å². The minimum atomic E-state index is 0.516. The van der Waals surface area contributed by atoms with E-state index in [0.29, 0.717) is 5.11 Å². The van der Waals surface area contributed by atoms with Gasteiger partial charge >= 0.3 is 0 Å². The van der Waals surface area contributed by atoms with Crippen LogP contribution in [0.3, 0.4) is 0 Å². The first-order valence-corrected chi connectivity index (χ1v) is 11.0. The lowest BCUT2D eigenvalue weighted by Crippen LogP contribution is -2.19. The van der Waals surface area contributed by atoms with Crippen molar-refractivity contribution in [2.24, 2.45) is 0 Å². The molecular formula is C25H28N6S. The van der Waals surface area contributed by atoms with Gasteiger partial charge in [0.15, 0.2) is 5.11 Å². The van der Waals surface area contributed by atoms with E-state index in [0.717, 1.165) is 35.9 Å². The molecule has 2 aromatic carbocycles. The Kier molecular flexibility index (Phi) is 6.37. The van der Waals surface area contributed by atoms with Crippen molar-refractivity contribution < 1.29 is 0 Å². The van der Waals surface area contributed by atoms with Gasteiger partial charge in [-0.05, 0) is 62.2 Å². The number of rotatable bonds is 6. The molecule has 0 radical (unpaired) electrons. The second-order valence-corrected chi connectivity index (χ2v) is 8.47. The summed E-state index contributed by atoms with van der Waals surface area (Å²) in [5.41, 5.74) is 8.75. The Morgan fingerprint density at radius 1 is 0.875 bits per heavy atom. The van der Waals surface area contributed by atoms with Crippen LogP contribution in [0.4, 0.5) is 11.4 Å². The van der Waals surface area contributed by atoms with Gasteiger partial charge in [0.05, 0.1) is 42.0 Å². The molecule has 0 spiro atoms. The lowest BCUT2D eigenvalue weighted by atomic mass is 10.1. The van der Waals surface area contributed by atoms with E-state index in [1.165, 1.54) is 22.3 Å². The Morgan fingerprint density at radius 3 is 2.16 bits per heavy atom. The second-order valence-electron chi connectivity index (χ2n) is 8.06. The van der Waals surface area contributed by atoms with E-state index < -0.39 is 0 Å². The van der Waals surface area contributed by atoms with Crippen LogP contribution in [0.15, 0.2) is 60.9 Å². The predicted octanol–water partition coefficient (Wildman–Crippen LogP) is 5.22. The lowest BCUT2D eigenvalue weighted by Gasteiger charge is -2.11. The van der Waals surface area contributed by atoms with E-state index in [2.05, 4.69) is 72.9 Å². The van der Waals surface area contributed by atoms with Crippen molar-refractivity contribution in [3.8, 4) is 0 Å². The zero-order chi connectivity index (χ0) is 22.7. The van der Waals surface area contributed by atoms with Gasteiger partial charge in [-0.2, -0.15) is 10.2 Å². The molecule has 2 heterocycles. The largest absolute Gasteiger partial charge is 0.330 e. The molecule has 0 aliphatic rings. The highest BCUT2D eigenvalue weighted by Crippen LogP contribution is 2.22. The summed E-state index contributed by atoms with van der Waals surface area (Å²) >= 11 is 5.56. The Morgan fingerprint density at radius 2 is 1.50 bits per heavy atom. The summed E-state index contributed by atoms with van der Waals surface area (Å²) in [6.07, 6.45) is 3.75. The van der Waals surface area contributed by atoms with E-state index in [-0.39, 0.29) is 0 Å². The monoisotopic (exact) mass is 444 g/mol. The van der Waals surface area contributed by atoms with E-state index in [1.54, 1.807) is 6.20 Å². The van der Waals surface area contributed by atoms with Crippen LogP contribution in [-0.2, 0) is 13.1 Å². The normalized spacial score (nSPS) is 10.9. The third-order valence-corrected chi connectivity index (χ3v) is 5.89.